The Labute approximate surface area is 120 Å². The Balaban J connectivity index is 3.48. The lowest BCUT2D eigenvalue weighted by Crippen LogP contribution is -2.58. The van der Waals surface area contributed by atoms with Crippen molar-refractivity contribution in [3.63, 3.8) is 0 Å². The molecule has 0 fully saturated rings. The molecule has 1 rings (SSSR count). The molecular formula is C16H23NO3. The van der Waals surface area contributed by atoms with E-state index < -0.39 is 16.9 Å². The van der Waals surface area contributed by atoms with Gasteiger partial charge in [0.25, 0.3) is 0 Å². The molecule has 0 aliphatic rings. The van der Waals surface area contributed by atoms with E-state index in [1.54, 1.807) is 24.3 Å². The minimum Gasteiger partial charge on any atom is -0.481 e. The lowest BCUT2D eigenvalue weighted by atomic mass is 9.62. The Morgan fingerprint density at radius 2 is 1.70 bits per heavy atom. The minimum absolute atomic E-state index is 0.375. The standard InChI is InChI=1S/C16H23NO3/c1-3-10-15(11-4-2,14(19)20)16(17,12-18)13-8-6-5-7-9-13/h5-9,12H,3-4,10-11,17H2,1-2H3,(H,19,20). The van der Waals surface area contributed by atoms with Crippen LogP contribution in [0.4, 0.5) is 0 Å². The molecule has 0 bridgehead atoms. The fourth-order valence-electron chi connectivity index (χ4n) is 2.95. The summed E-state index contributed by atoms with van der Waals surface area (Å²) < 4.78 is 0. The average Bonchev–Trinajstić information content (AvgIpc) is 2.46. The van der Waals surface area contributed by atoms with E-state index in [2.05, 4.69) is 0 Å². The van der Waals surface area contributed by atoms with Gasteiger partial charge in [-0.25, -0.2) is 0 Å². The molecule has 0 aromatic heterocycles. The fraction of sp³-hybridized carbons (Fsp3) is 0.500. The molecule has 0 aliphatic heterocycles. The van der Waals surface area contributed by atoms with Crippen molar-refractivity contribution in [1.29, 1.82) is 0 Å². The van der Waals surface area contributed by atoms with Crippen molar-refractivity contribution < 1.29 is 14.7 Å². The number of hydrogen-bond acceptors (Lipinski definition) is 3. The molecule has 0 radical (unpaired) electrons. The third kappa shape index (κ3) is 2.61. The van der Waals surface area contributed by atoms with Crippen LogP contribution in [0.1, 0.15) is 45.1 Å². The number of rotatable bonds is 8. The van der Waals surface area contributed by atoms with Gasteiger partial charge in [0.15, 0.2) is 0 Å². The molecule has 0 aliphatic carbocycles. The second-order valence-electron chi connectivity index (χ2n) is 5.24. The van der Waals surface area contributed by atoms with Crippen LogP contribution < -0.4 is 5.73 Å². The minimum atomic E-state index is -1.51. The van der Waals surface area contributed by atoms with Gasteiger partial charge in [-0.05, 0) is 18.4 Å². The highest BCUT2D eigenvalue weighted by molar-refractivity contribution is 5.85. The molecule has 1 atom stereocenters. The predicted octanol–water partition coefficient (Wildman–Crippen LogP) is 2.71. The van der Waals surface area contributed by atoms with Crippen LogP contribution >= 0.6 is 0 Å². The highest BCUT2D eigenvalue weighted by Crippen LogP contribution is 2.44. The number of carboxylic acids is 1. The maximum absolute atomic E-state index is 11.9. The average molecular weight is 277 g/mol. The van der Waals surface area contributed by atoms with Gasteiger partial charge in [-0.15, -0.1) is 0 Å². The first-order valence-corrected chi connectivity index (χ1v) is 7.02. The first kappa shape index (κ1) is 16.4. The summed E-state index contributed by atoms with van der Waals surface area (Å²) in [6, 6.07) is 8.79. The Hall–Kier alpha value is -1.68. The summed E-state index contributed by atoms with van der Waals surface area (Å²) in [5.74, 6) is -1.00. The molecule has 1 aromatic rings. The van der Waals surface area contributed by atoms with E-state index in [0.717, 1.165) is 0 Å². The van der Waals surface area contributed by atoms with E-state index in [1.807, 2.05) is 19.9 Å². The maximum atomic E-state index is 11.9. The van der Waals surface area contributed by atoms with Gasteiger partial charge in [0.2, 0.25) is 0 Å². The quantitative estimate of drug-likeness (QED) is 0.716. The molecular weight excluding hydrogens is 254 g/mol. The normalized spacial score (nSPS) is 14.6. The van der Waals surface area contributed by atoms with Gasteiger partial charge in [-0.2, -0.15) is 0 Å². The van der Waals surface area contributed by atoms with E-state index in [1.165, 1.54) is 0 Å². The highest BCUT2D eigenvalue weighted by Gasteiger charge is 2.54. The first-order valence-electron chi connectivity index (χ1n) is 7.02. The van der Waals surface area contributed by atoms with Crippen LogP contribution in [0.15, 0.2) is 30.3 Å². The van der Waals surface area contributed by atoms with Gasteiger partial charge in [-0.1, -0.05) is 57.0 Å². The Kier molecular flexibility index (Phi) is 5.45. The molecule has 1 aromatic carbocycles. The molecule has 0 heterocycles. The number of carbonyl (C=O) groups excluding carboxylic acids is 1. The van der Waals surface area contributed by atoms with Crippen molar-refractivity contribution >= 4 is 12.3 Å². The summed E-state index contributed by atoms with van der Waals surface area (Å²) in [5.41, 5.74) is 4.10. The van der Waals surface area contributed by atoms with Gasteiger partial charge in [-0.3, -0.25) is 4.79 Å². The van der Waals surface area contributed by atoms with Crippen molar-refractivity contribution in [1.82, 2.24) is 0 Å². The van der Waals surface area contributed by atoms with E-state index in [0.29, 0.717) is 37.5 Å². The summed E-state index contributed by atoms with van der Waals surface area (Å²) in [6.45, 7) is 3.81. The molecule has 0 saturated heterocycles. The Bertz CT molecular complexity index is 452. The van der Waals surface area contributed by atoms with Gasteiger partial charge in [0.05, 0.1) is 5.41 Å². The zero-order valence-electron chi connectivity index (χ0n) is 12.1. The van der Waals surface area contributed by atoms with Crippen molar-refractivity contribution in [3.05, 3.63) is 35.9 Å². The van der Waals surface area contributed by atoms with E-state index in [-0.39, 0.29) is 0 Å². The molecule has 4 nitrogen and oxygen atoms in total. The van der Waals surface area contributed by atoms with Gasteiger partial charge < -0.3 is 15.6 Å². The maximum Gasteiger partial charge on any atom is 0.312 e. The van der Waals surface area contributed by atoms with Crippen molar-refractivity contribution in [3.8, 4) is 0 Å². The Morgan fingerprint density at radius 3 is 2.05 bits per heavy atom. The summed E-state index contributed by atoms with van der Waals surface area (Å²) in [6.07, 6.45) is 2.67. The largest absolute Gasteiger partial charge is 0.481 e. The molecule has 3 N–H and O–H groups in total. The molecule has 4 heteroatoms. The van der Waals surface area contributed by atoms with Gasteiger partial charge >= 0.3 is 5.97 Å². The SMILES string of the molecule is CCCC(CCC)(C(=O)O)C(N)(C=O)c1ccccc1. The number of aldehydes is 1. The van der Waals surface area contributed by atoms with Crippen LogP contribution in [0.2, 0.25) is 0 Å². The molecule has 20 heavy (non-hydrogen) atoms. The van der Waals surface area contributed by atoms with E-state index in [9.17, 15) is 14.7 Å². The summed E-state index contributed by atoms with van der Waals surface area (Å²) in [5, 5.41) is 9.78. The van der Waals surface area contributed by atoms with Crippen LogP contribution in [0.3, 0.4) is 0 Å². The summed E-state index contributed by atoms with van der Waals surface area (Å²) >= 11 is 0. The molecule has 0 spiro atoms. The summed E-state index contributed by atoms with van der Waals surface area (Å²) in [7, 11) is 0. The summed E-state index contributed by atoms with van der Waals surface area (Å²) in [4.78, 5) is 23.7. The van der Waals surface area contributed by atoms with Crippen LogP contribution in [-0.2, 0) is 15.1 Å². The van der Waals surface area contributed by atoms with Crippen LogP contribution in [-0.4, -0.2) is 17.4 Å². The Morgan fingerprint density at radius 1 is 1.20 bits per heavy atom. The van der Waals surface area contributed by atoms with Crippen LogP contribution in [0.25, 0.3) is 0 Å². The lowest BCUT2D eigenvalue weighted by Gasteiger charge is -2.42. The van der Waals surface area contributed by atoms with Crippen molar-refractivity contribution in [2.24, 2.45) is 11.1 Å². The first-order chi connectivity index (χ1) is 9.48. The zero-order valence-corrected chi connectivity index (χ0v) is 12.1. The van der Waals surface area contributed by atoms with Crippen LogP contribution in [0, 0.1) is 5.41 Å². The number of carboxylic acid groups (broad SMARTS) is 1. The zero-order chi connectivity index (χ0) is 15.2. The topological polar surface area (TPSA) is 80.4 Å². The molecule has 0 amide bonds. The number of hydrogen-bond donors (Lipinski definition) is 2. The van der Waals surface area contributed by atoms with E-state index >= 15 is 0 Å². The second-order valence-corrected chi connectivity index (χ2v) is 5.24. The van der Waals surface area contributed by atoms with Gasteiger partial charge in [0, 0.05) is 0 Å². The van der Waals surface area contributed by atoms with Crippen LogP contribution in [0.5, 0.6) is 0 Å². The number of aliphatic carboxylic acids is 1. The van der Waals surface area contributed by atoms with E-state index in [4.69, 9.17) is 5.73 Å². The lowest BCUT2D eigenvalue weighted by molar-refractivity contribution is -0.157. The van der Waals surface area contributed by atoms with Crippen molar-refractivity contribution in [2.45, 2.75) is 45.1 Å². The predicted molar refractivity (Wildman–Crippen MR) is 78.3 cm³/mol. The smallest absolute Gasteiger partial charge is 0.312 e. The third-order valence-corrected chi connectivity index (χ3v) is 3.99. The number of nitrogens with two attached hydrogens (primary N) is 1. The molecule has 110 valence electrons. The van der Waals surface area contributed by atoms with Gasteiger partial charge in [0.1, 0.15) is 11.8 Å². The molecule has 1 unspecified atom stereocenters. The number of carbonyl (C=O) groups is 2. The highest BCUT2D eigenvalue weighted by atomic mass is 16.4. The third-order valence-electron chi connectivity index (χ3n) is 3.99. The number of benzene rings is 1. The van der Waals surface area contributed by atoms with Crippen molar-refractivity contribution in [2.75, 3.05) is 0 Å². The molecule has 0 saturated carbocycles. The monoisotopic (exact) mass is 277 g/mol. The fourth-order valence-corrected chi connectivity index (χ4v) is 2.95. The second kappa shape index (κ2) is 6.66.